The quantitative estimate of drug-likeness (QED) is 0.741. The third-order valence-electron chi connectivity index (χ3n) is 2.90. The Balaban J connectivity index is 0.00000121. The van der Waals surface area contributed by atoms with Gasteiger partial charge in [0.2, 0.25) is 5.89 Å². The maximum Gasteiger partial charge on any atom is 0.307 e. The highest BCUT2D eigenvalue weighted by Gasteiger charge is 2.09. The molecular formula is C16H15Cl2NO3. The van der Waals surface area contributed by atoms with Crippen LogP contribution in [0.1, 0.15) is 13.0 Å². The molecule has 0 saturated carbocycles. The number of carboxylic acid groups (broad SMARTS) is 1. The Labute approximate surface area is 139 Å². The Kier molecular flexibility index (Phi) is 5.97. The van der Waals surface area contributed by atoms with Crippen LogP contribution in [0.5, 0.6) is 0 Å². The second-order valence-corrected chi connectivity index (χ2v) is 4.83. The third kappa shape index (κ3) is 3.78. The van der Waals surface area contributed by atoms with Crippen molar-refractivity contribution >= 4 is 41.1 Å². The minimum Gasteiger partial charge on any atom is -0.481 e. The number of hydrogen-bond donors (Lipinski definition) is 1. The molecule has 0 aliphatic rings. The lowest BCUT2D eigenvalue weighted by Crippen LogP contribution is -1.99. The van der Waals surface area contributed by atoms with E-state index in [4.69, 9.17) is 21.1 Å². The molecule has 3 aromatic rings. The highest BCUT2D eigenvalue weighted by molar-refractivity contribution is 6.30. The summed E-state index contributed by atoms with van der Waals surface area (Å²) in [5.41, 5.74) is 2.80. The summed E-state index contributed by atoms with van der Waals surface area (Å²) in [7, 11) is 0. The average Bonchev–Trinajstić information content (AvgIpc) is 2.81. The van der Waals surface area contributed by atoms with E-state index >= 15 is 0 Å². The molecule has 0 atom stereocenters. The van der Waals surface area contributed by atoms with Gasteiger partial charge < -0.3 is 9.52 Å². The maximum atomic E-state index is 10.7. The predicted octanol–water partition coefficient (Wildman–Crippen LogP) is 4.83. The first-order chi connectivity index (χ1) is 9.61. The fourth-order valence-electron chi connectivity index (χ4n) is 1.97. The molecule has 0 aliphatic heterocycles. The molecule has 0 unspecified atom stereocenters. The number of hydrogen-bond acceptors (Lipinski definition) is 3. The predicted molar refractivity (Wildman–Crippen MR) is 89.8 cm³/mol. The van der Waals surface area contributed by atoms with E-state index in [1.807, 2.05) is 12.1 Å². The van der Waals surface area contributed by atoms with Crippen molar-refractivity contribution in [2.45, 2.75) is 13.8 Å². The molecule has 0 amide bonds. The molecule has 0 bridgehead atoms. The Morgan fingerprint density at radius 1 is 1.18 bits per heavy atom. The van der Waals surface area contributed by atoms with Gasteiger partial charge in [-0.05, 0) is 42.0 Å². The molecule has 0 aliphatic carbocycles. The van der Waals surface area contributed by atoms with Crippen molar-refractivity contribution in [3.63, 3.8) is 0 Å². The summed E-state index contributed by atoms with van der Waals surface area (Å²) in [5, 5.41) is 9.44. The SMILES string of the molecule is C.Cl.O=C(O)Cc1ccc2oc(-c3ccc(Cl)cc3)nc2c1. The van der Waals surface area contributed by atoms with Crippen molar-refractivity contribution in [3.05, 3.63) is 53.1 Å². The minimum absolute atomic E-state index is 0. The van der Waals surface area contributed by atoms with Gasteiger partial charge in [-0.25, -0.2) is 4.98 Å². The molecule has 0 radical (unpaired) electrons. The van der Waals surface area contributed by atoms with Crippen LogP contribution in [0, 0.1) is 0 Å². The first-order valence-corrected chi connectivity index (χ1v) is 6.37. The van der Waals surface area contributed by atoms with E-state index in [0.29, 0.717) is 27.6 Å². The summed E-state index contributed by atoms with van der Waals surface area (Å²) < 4.78 is 5.65. The van der Waals surface area contributed by atoms with E-state index in [2.05, 4.69) is 4.98 Å². The Morgan fingerprint density at radius 3 is 2.50 bits per heavy atom. The van der Waals surface area contributed by atoms with Crippen LogP contribution in [0.15, 0.2) is 46.9 Å². The standard InChI is InChI=1S/C15H10ClNO3.CH4.ClH/c16-11-4-2-10(3-5-11)15-17-12-7-9(8-14(18)19)1-6-13(12)20-15;;/h1-7H,8H2,(H,18,19);1H4;1H. The number of nitrogens with zero attached hydrogens (tertiary/aromatic N) is 1. The molecule has 0 saturated heterocycles. The molecule has 0 fully saturated rings. The highest BCUT2D eigenvalue weighted by Crippen LogP contribution is 2.26. The van der Waals surface area contributed by atoms with E-state index < -0.39 is 5.97 Å². The van der Waals surface area contributed by atoms with Crippen LogP contribution in [-0.2, 0) is 11.2 Å². The molecule has 0 spiro atoms. The molecule has 2 aromatic carbocycles. The summed E-state index contributed by atoms with van der Waals surface area (Å²) in [6, 6.07) is 12.4. The zero-order valence-corrected chi connectivity index (χ0v) is 12.3. The number of fused-ring (bicyclic) bond motifs is 1. The molecule has 116 valence electrons. The van der Waals surface area contributed by atoms with Gasteiger partial charge in [0.05, 0.1) is 6.42 Å². The zero-order valence-electron chi connectivity index (χ0n) is 10.7. The second-order valence-electron chi connectivity index (χ2n) is 4.40. The first kappa shape index (κ1) is 18.0. The Hall–Kier alpha value is -2.04. The van der Waals surface area contributed by atoms with Crippen LogP contribution in [0.25, 0.3) is 22.6 Å². The molecule has 1 N–H and O–H groups in total. The van der Waals surface area contributed by atoms with Crippen LogP contribution in [0.3, 0.4) is 0 Å². The fourth-order valence-corrected chi connectivity index (χ4v) is 2.10. The van der Waals surface area contributed by atoms with Crippen LogP contribution in [-0.4, -0.2) is 16.1 Å². The average molecular weight is 340 g/mol. The van der Waals surface area contributed by atoms with E-state index in [0.717, 1.165) is 5.56 Å². The number of oxazole rings is 1. The van der Waals surface area contributed by atoms with E-state index in [1.54, 1.807) is 30.3 Å². The smallest absolute Gasteiger partial charge is 0.307 e. The summed E-state index contributed by atoms with van der Waals surface area (Å²) in [6.07, 6.45) is -0.0287. The van der Waals surface area contributed by atoms with Crippen molar-refractivity contribution in [1.29, 1.82) is 0 Å². The molecule has 4 nitrogen and oxygen atoms in total. The maximum absolute atomic E-state index is 10.7. The van der Waals surface area contributed by atoms with E-state index in [1.165, 1.54) is 0 Å². The number of rotatable bonds is 3. The first-order valence-electron chi connectivity index (χ1n) is 5.99. The number of aromatic nitrogens is 1. The lowest BCUT2D eigenvalue weighted by molar-refractivity contribution is -0.136. The fraction of sp³-hybridized carbons (Fsp3) is 0.125. The molecular weight excluding hydrogens is 325 g/mol. The second kappa shape index (κ2) is 7.29. The van der Waals surface area contributed by atoms with Crippen molar-refractivity contribution in [3.8, 4) is 11.5 Å². The van der Waals surface area contributed by atoms with Gasteiger partial charge in [0, 0.05) is 10.6 Å². The molecule has 6 heteroatoms. The van der Waals surface area contributed by atoms with Gasteiger partial charge in [0.25, 0.3) is 0 Å². The van der Waals surface area contributed by atoms with Crippen LogP contribution in [0.2, 0.25) is 5.02 Å². The van der Waals surface area contributed by atoms with Gasteiger partial charge in [0.1, 0.15) is 5.52 Å². The summed E-state index contributed by atoms with van der Waals surface area (Å²) >= 11 is 5.84. The van der Waals surface area contributed by atoms with Gasteiger partial charge >= 0.3 is 5.97 Å². The summed E-state index contributed by atoms with van der Waals surface area (Å²) in [5.74, 6) is -0.380. The van der Waals surface area contributed by atoms with Crippen LogP contribution in [0.4, 0.5) is 0 Å². The largest absolute Gasteiger partial charge is 0.481 e. The Morgan fingerprint density at radius 2 is 1.86 bits per heavy atom. The Bertz CT molecular complexity index is 782. The van der Waals surface area contributed by atoms with E-state index in [9.17, 15) is 4.79 Å². The van der Waals surface area contributed by atoms with Gasteiger partial charge in [-0.3, -0.25) is 4.79 Å². The van der Waals surface area contributed by atoms with Crippen molar-refractivity contribution in [1.82, 2.24) is 4.98 Å². The van der Waals surface area contributed by atoms with Gasteiger partial charge in [-0.1, -0.05) is 25.1 Å². The number of aliphatic carboxylic acids is 1. The zero-order chi connectivity index (χ0) is 14.1. The van der Waals surface area contributed by atoms with Gasteiger partial charge in [0.15, 0.2) is 5.58 Å². The third-order valence-corrected chi connectivity index (χ3v) is 3.15. The van der Waals surface area contributed by atoms with Crippen molar-refractivity contribution < 1.29 is 14.3 Å². The van der Waals surface area contributed by atoms with Crippen molar-refractivity contribution in [2.75, 3.05) is 0 Å². The number of carbonyl (C=O) groups is 1. The minimum atomic E-state index is -0.870. The number of benzene rings is 2. The normalized spacial score (nSPS) is 9.86. The molecule has 1 aromatic heterocycles. The lowest BCUT2D eigenvalue weighted by atomic mass is 10.1. The topological polar surface area (TPSA) is 63.3 Å². The molecule has 3 rings (SSSR count). The monoisotopic (exact) mass is 339 g/mol. The summed E-state index contributed by atoms with van der Waals surface area (Å²) in [6.45, 7) is 0. The highest BCUT2D eigenvalue weighted by atomic mass is 35.5. The van der Waals surface area contributed by atoms with Crippen molar-refractivity contribution in [2.24, 2.45) is 0 Å². The molecule has 1 heterocycles. The lowest BCUT2D eigenvalue weighted by Gasteiger charge is -1.94. The molecule has 22 heavy (non-hydrogen) atoms. The number of halogens is 2. The van der Waals surface area contributed by atoms with Gasteiger partial charge in [-0.2, -0.15) is 0 Å². The summed E-state index contributed by atoms with van der Waals surface area (Å²) in [4.78, 5) is 15.1. The van der Waals surface area contributed by atoms with Gasteiger partial charge in [-0.15, -0.1) is 12.4 Å². The number of carboxylic acids is 1. The van der Waals surface area contributed by atoms with E-state index in [-0.39, 0.29) is 26.3 Å². The van der Waals surface area contributed by atoms with Crippen LogP contribution < -0.4 is 0 Å². The van der Waals surface area contributed by atoms with Crippen LogP contribution >= 0.6 is 24.0 Å².